The fourth-order valence-corrected chi connectivity index (χ4v) is 2.07. The van der Waals surface area contributed by atoms with Gasteiger partial charge in [-0.2, -0.15) is 0 Å². The number of hydrogen-bond acceptors (Lipinski definition) is 5. The van der Waals surface area contributed by atoms with E-state index in [4.69, 9.17) is 32.5 Å². The summed E-state index contributed by atoms with van der Waals surface area (Å²) in [5.74, 6) is 0.270. The molecule has 0 unspecified atom stereocenters. The SMILES string of the molecule is C=C(O[Si](C)(C)Cl)C(=NOC)C(=S)OCC. The van der Waals surface area contributed by atoms with Gasteiger partial charge in [-0.05, 0) is 32.2 Å². The molecule has 0 aromatic heterocycles. The zero-order valence-corrected chi connectivity index (χ0v) is 12.4. The summed E-state index contributed by atoms with van der Waals surface area (Å²) in [6.07, 6.45) is 0. The second-order valence-corrected chi connectivity index (χ2v) is 9.26. The van der Waals surface area contributed by atoms with Crippen LogP contribution in [0.4, 0.5) is 0 Å². The van der Waals surface area contributed by atoms with Crippen molar-refractivity contribution < 1.29 is 14.0 Å². The van der Waals surface area contributed by atoms with E-state index in [-0.39, 0.29) is 16.5 Å². The highest BCUT2D eigenvalue weighted by Crippen LogP contribution is 2.15. The third-order valence-corrected chi connectivity index (χ3v) is 2.56. The highest BCUT2D eigenvalue weighted by atomic mass is 35.6. The lowest BCUT2D eigenvalue weighted by Crippen LogP contribution is -2.28. The molecule has 4 nitrogen and oxygen atoms in total. The molecule has 0 heterocycles. The minimum absolute atomic E-state index is 0.185. The van der Waals surface area contributed by atoms with Crippen molar-refractivity contribution in [2.75, 3.05) is 13.7 Å². The highest BCUT2D eigenvalue weighted by Gasteiger charge is 2.25. The Bertz CT molecular complexity index is 302. The Morgan fingerprint density at radius 3 is 2.44 bits per heavy atom. The monoisotopic (exact) mass is 281 g/mol. The second kappa shape index (κ2) is 6.88. The Balaban J connectivity index is 4.74. The van der Waals surface area contributed by atoms with Gasteiger partial charge in [-0.15, -0.1) is 11.1 Å². The summed E-state index contributed by atoms with van der Waals surface area (Å²) in [4.78, 5) is 4.66. The van der Waals surface area contributed by atoms with Gasteiger partial charge in [0.2, 0.25) is 5.05 Å². The Morgan fingerprint density at radius 2 is 2.06 bits per heavy atom. The number of thiocarbonyl (C=S) groups is 1. The zero-order chi connectivity index (χ0) is 12.8. The lowest BCUT2D eigenvalue weighted by Gasteiger charge is -2.19. The summed E-state index contributed by atoms with van der Waals surface area (Å²) in [5, 5.41) is 3.90. The quantitative estimate of drug-likeness (QED) is 0.187. The highest BCUT2D eigenvalue weighted by molar-refractivity contribution is 7.81. The van der Waals surface area contributed by atoms with E-state index >= 15 is 0 Å². The number of ether oxygens (including phenoxy) is 1. The molecule has 7 heteroatoms. The molecule has 0 amide bonds. The van der Waals surface area contributed by atoms with Crippen molar-refractivity contribution in [2.45, 2.75) is 20.0 Å². The molecule has 0 rings (SSSR count). The molecule has 0 aliphatic heterocycles. The smallest absolute Gasteiger partial charge is 0.341 e. The molecule has 0 saturated heterocycles. The normalized spacial score (nSPS) is 11.9. The van der Waals surface area contributed by atoms with Crippen LogP contribution in [-0.2, 0) is 14.0 Å². The molecule has 0 aromatic carbocycles. The molecule has 0 atom stereocenters. The van der Waals surface area contributed by atoms with Crippen LogP contribution in [0.15, 0.2) is 17.5 Å². The van der Waals surface area contributed by atoms with Crippen molar-refractivity contribution >= 4 is 41.7 Å². The maximum atomic E-state index is 6.03. The van der Waals surface area contributed by atoms with E-state index < -0.39 is 7.63 Å². The second-order valence-electron chi connectivity index (χ2n) is 3.23. The van der Waals surface area contributed by atoms with E-state index in [0.717, 1.165) is 0 Å². The minimum atomic E-state index is -2.26. The molecule has 92 valence electrons. The Labute approximate surface area is 107 Å². The van der Waals surface area contributed by atoms with E-state index in [2.05, 4.69) is 16.6 Å². The predicted octanol–water partition coefficient (Wildman–Crippen LogP) is 2.82. The van der Waals surface area contributed by atoms with Crippen LogP contribution in [0.25, 0.3) is 0 Å². The van der Waals surface area contributed by atoms with Crippen molar-refractivity contribution in [3.63, 3.8) is 0 Å². The van der Waals surface area contributed by atoms with Crippen LogP contribution in [0.1, 0.15) is 6.92 Å². The summed E-state index contributed by atoms with van der Waals surface area (Å²) >= 11 is 11.0. The maximum Gasteiger partial charge on any atom is 0.341 e. The summed E-state index contributed by atoms with van der Waals surface area (Å²) in [5.41, 5.74) is 0.264. The first-order valence-corrected chi connectivity index (χ1v) is 9.00. The standard InChI is InChI=1S/C9H16ClNO3SSi/c1-6-13-9(15)8(11-12-3)7(2)14-16(4,5)10/h2,6H2,1,3-5H3. The molecule has 0 N–H and O–H groups in total. The van der Waals surface area contributed by atoms with Crippen molar-refractivity contribution in [3.05, 3.63) is 12.3 Å². The Hall–Kier alpha value is -0.593. The van der Waals surface area contributed by atoms with Crippen LogP contribution < -0.4 is 0 Å². The van der Waals surface area contributed by atoms with Gasteiger partial charge in [0.05, 0.1) is 6.61 Å². The van der Waals surface area contributed by atoms with Gasteiger partial charge in [-0.3, -0.25) is 0 Å². The molecule has 0 spiro atoms. The molecule has 16 heavy (non-hydrogen) atoms. The number of nitrogens with zero attached hydrogens (tertiary/aromatic N) is 1. The molecule has 0 aliphatic carbocycles. The number of rotatable bonds is 6. The van der Waals surface area contributed by atoms with Crippen LogP contribution in [0.2, 0.25) is 13.1 Å². The first kappa shape index (κ1) is 15.4. The van der Waals surface area contributed by atoms with Gasteiger partial charge in [0.15, 0.2) is 5.71 Å². The van der Waals surface area contributed by atoms with Gasteiger partial charge in [0, 0.05) is 0 Å². The molecule has 0 radical (unpaired) electrons. The molecule has 0 aliphatic rings. The first-order chi connectivity index (χ1) is 7.31. The zero-order valence-electron chi connectivity index (χ0n) is 9.87. The Kier molecular flexibility index (Phi) is 6.62. The van der Waals surface area contributed by atoms with Crippen molar-refractivity contribution in [1.29, 1.82) is 0 Å². The van der Waals surface area contributed by atoms with Gasteiger partial charge < -0.3 is 14.0 Å². The van der Waals surface area contributed by atoms with Gasteiger partial charge in [0.25, 0.3) is 0 Å². The molecule has 0 bridgehead atoms. The third-order valence-electron chi connectivity index (χ3n) is 1.28. The van der Waals surface area contributed by atoms with E-state index in [1.165, 1.54) is 7.11 Å². The topological polar surface area (TPSA) is 40.0 Å². The lowest BCUT2D eigenvalue weighted by atomic mass is 10.3. The third kappa shape index (κ3) is 6.09. The van der Waals surface area contributed by atoms with Crippen LogP contribution >= 0.6 is 23.3 Å². The molecule has 0 fully saturated rings. The summed E-state index contributed by atoms with van der Waals surface area (Å²) < 4.78 is 10.6. The lowest BCUT2D eigenvalue weighted by molar-refractivity contribution is 0.212. The predicted molar refractivity (Wildman–Crippen MR) is 72.2 cm³/mol. The van der Waals surface area contributed by atoms with Crippen LogP contribution in [0.5, 0.6) is 0 Å². The van der Waals surface area contributed by atoms with E-state index in [9.17, 15) is 0 Å². The van der Waals surface area contributed by atoms with Gasteiger partial charge >= 0.3 is 7.63 Å². The van der Waals surface area contributed by atoms with Gasteiger partial charge in [-0.25, -0.2) is 0 Å². The van der Waals surface area contributed by atoms with Crippen molar-refractivity contribution in [3.8, 4) is 0 Å². The minimum Gasteiger partial charge on any atom is -0.528 e. The van der Waals surface area contributed by atoms with E-state index in [1.807, 2.05) is 20.0 Å². The van der Waals surface area contributed by atoms with Crippen LogP contribution in [0, 0.1) is 0 Å². The molecular weight excluding hydrogens is 266 g/mol. The van der Waals surface area contributed by atoms with Crippen molar-refractivity contribution in [2.24, 2.45) is 5.16 Å². The number of halogens is 1. The first-order valence-electron chi connectivity index (χ1n) is 4.67. The number of hydrogen-bond donors (Lipinski definition) is 0. The van der Waals surface area contributed by atoms with E-state index in [0.29, 0.717) is 6.61 Å². The maximum absolute atomic E-state index is 6.03. The molecular formula is C9H16ClNO3SSi. The van der Waals surface area contributed by atoms with Crippen LogP contribution in [0.3, 0.4) is 0 Å². The summed E-state index contributed by atoms with van der Waals surface area (Å²) in [7, 11) is -0.852. The fourth-order valence-electron chi connectivity index (χ4n) is 0.834. The molecule has 0 saturated carbocycles. The number of oxime groups is 1. The van der Waals surface area contributed by atoms with E-state index in [1.54, 1.807) is 0 Å². The average molecular weight is 282 g/mol. The largest absolute Gasteiger partial charge is 0.528 e. The van der Waals surface area contributed by atoms with Gasteiger partial charge in [-0.1, -0.05) is 11.7 Å². The summed E-state index contributed by atoms with van der Waals surface area (Å²) in [6, 6.07) is 0. The van der Waals surface area contributed by atoms with Crippen molar-refractivity contribution in [1.82, 2.24) is 0 Å². The van der Waals surface area contributed by atoms with Gasteiger partial charge in [0.1, 0.15) is 12.9 Å². The fraction of sp³-hybridized carbons (Fsp3) is 0.556. The molecule has 0 aromatic rings. The summed E-state index contributed by atoms with van der Waals surface area (Å²) in [6.45, 7) is 9.60. The average Bonchev–Trinajstić information content (AvgIpc) is 2.11. The Morgan fingerprint density at radius 1 is 1.50 bits per heavy atom. The van der Waals surface area contributed by atoms with Crippen LogP contribution in [-0.4, -0.2) is 32.1 Å².